The normalized spacial score (nSPS) is 11.4. The van der Waals surface area contributed by atoms with Gasteiger partial charge in [-0.1, -0.05) is 29.5 Å². The molecule has 0 aliphatic rings. The average Bonchev–Trinajstić information content (AvgIpc) is 3.08. The Kier molecular flexibility index (Phi) is 2.90. The number of nitrogens with zero attached hydrogens (tertiary/aromatic N) is 2. The van der Waals surface area contributed by atoms with E-state index >= 15 is 0 Å². The quantitative estimate of drug-likeness (QED) is 0.559. The van der Waals surface area contributed by atoms with Crippen LogP contribution in [0.15, 0.2) is 34.7 Å². The van der Waals surface area contributed by atoms with Crippen LogP contribution >= 0.6 is 11.3 Å². The Morgan fingerprint density at radius 3 is 2.68 bits per heavy atom. The van der Waals surface area contributed by atoms with Gasteiger partial charge in [-0.05, 0) is 49.6 Å². The second-order valence-electron chi connectivity index (χ2n) is 5.44. The molecule has 0 atom stereocenters. The van der Waals surface area contributed by atoms with Gasteiger partial charge in [-0.15, -0.1) is 0 Å². The van der Waals surface area contributed by atoms with Crippen LogP contribution in [0.2, 0.25) is 0 Å². The molecule has 0 fully saturated rings. The summed E-state index contributed by atoms with van der Waals surface area (Å²) < 4.78 is 7.01. The van der Waals surface area contributed by atoms with Crippen molar-refractivity contribution < 1.29 is 4.42 Å². The molecule has 4 rings (SSSR count). The van der Waals surface area contributed by atoms with Crippen LogP contribution in [0.3, 0.4) is 0 Å². The molecule has 0 saturated carbocycles. The first-order valence-electron chi connectivity index (χ1n) is 7.12. The zero-order valence-electron chi connectivity index (χ0n) is 12.6. The molecular formula is C17H15N3OS. The van der Waals surface area contributed by atoms with Crippen molar-refractivity contribution in [2.75, 3.05) is 5.32 Å². The van der Waals surface area contributed by atoms with Gasteiger partial charge in [0, 0.05) is 0 Å². The molecule has 22 heavy (non-hydrogen) atoms. The molecule has 0 radical (unpaired) electrons. The van der Waals surface area contributed by atoms with Crippen molar-refractivity contribution in [3.8, 4) is 0 Å². The van der Waals surface area contributed by atoms with Gasteiger partial charge < -0.3 is 4.42 Å². The van der Waals surface area contributed by atoms with Crippen LogP contribution in [0.4, 0.5) is 11.1 Å². The van der Waals surface area contributed by atoms with Crippen molar-refractivity contribution in [3.63, 3.8) is 0 Å². The number of anilines is 2. The Morgan fingerprint density at radius 1 is 1.00 bits per heavy atom. The fourth-order valence-electron chi connectivity index (χ4n) is 2.51. The van der Waals surface area contributed by atoms with Gasteiger partial charge in [0.25, 0.3) is 0 Å². The number of oxazole rings is 1. The first-order valence-corrected chi connectivity index (χ1v) is 7.93. The van der Waals surface area contributed by atoms with Gasteiger partial charge in [-0.2, -0.15) is 4.98 Å². The lowest BCUT2D eigenvalue weighted by Crippen LogP contribution is -1.88. The molecule has 0 aliphatic heterocycles. The molecule has 4 nitrogen and oxygen atoms in total. The van der Waals surface area contributed by atoms with Gasteiger partial charge >= 0.3 is 6.01 Å². The standard InChI is InChI=1S/C17H15N3OS/c1-9-7-8-12-15(11(9)3)21-16(18-12)20-17-19-14-10(2)5-4-6-13(14)22-17/h4-8H,1-3H3,(H,18,19,20). The summed E-state index contributed by atoms with van der Waals surface area (Å²) in [4.78, 5) is 9.12. The van der Waals surface area contributed by atoms with Crippen molar-refractivity contribution in [1.29, 1.82) is 0 Å². The SMILES string of the molecule is Cc1ccc2nc(Nc3nc4c(C)cccc4s3)oc2c1C. The van der Waals surface area contributed by atoms with E-state index in [0.29, 0.717) is 6.01 Å². The minimum absolute atomic E-state index is 0.486. The maximum absolute atomic E-state index is 5.85. The number of aryl methyl sites for hydroxylation is 3. The molecule has 2 aromatic carbocycles. The summed E-state index contributed by atoms with van der Waals surface area (Å²) in [6.45, 7) is 6.19. The fourth-order valence-corrected chi connectivity index (χ4v) is 3.44. The van der Waals surface area contributed by atoms with Crippen molar-refractivity contribution in [3.05, 3.63) is 47.0 Å². The third kappa shape index (κ3) is 2.05. The lowest BCUT2D eigenvalue weighted by molar-refractivity contribution is 0.620. The minimum atomic E-state index is 0.486. The van der Waals surface area contributed by atoms with Gasteiger partial charge in [0.15, 0.2) is 10.7 Å². The summed E-state index contributed by atoms with van der Waals surface area (Å²) in [7, 11) is 0. The predicted octanol–water partition coefficient (Wildman–Crippen LogP) is 5.11. The number of hydrogen-bond donors (Lipinski definition) is 1. The van der Waals surface area contributed by atoms with Crippen LogP contribution in [-0.2, 0) is 0 Å². The first-order chi connectivity index (χ1) is 10.6. The molecule has 0 aliphatic carbocycles. The average molecular weight is 309 g/mol. The van der Waals surface area contributed by atoms with Gasteiger partial charge in [0.05, 0.1) is 10.2 Å². The Balaban J connectivity index is 1.76. The van der Waals surface area contributed by atoms with Crippen LogP contribution in [0.1, 0.15) is 16.7 Å². The maximum atomic E-state index is 5.85. The Bertz CT molecular complexity index is 1000. The third-order valence-corrected chi connectivity index (χ3v) is 4.85. The molecule has 4 aromatic rings. The Morgan fingerprint density at radius 2 is 1.86 bits per heavy atom. The van der Waals surface area contributed by atoms with Gasteiger partial charge in [0.1, 0.15) is 5.52 Å². The monoisotopic (exact) mass is 309 g/mol. The molecule has 110 valence electrons. The van der Waals surface area contributed by atoms with Crippen molar-refractivity contribution in [1.82, 2.24) is 9.97 Å². The van der Waals surface area contributed by atoms with E-state index in [0.717, 1.165) is 32.0 Å². The highest BCUT2D eigenvalue weighted by Gasteiger charge is 2.12. The summed E-state index contributed by atoms with van der Waals surface area (Å²) in [5.74, 6) is 0. The molecule has 1 N–H and O–H groups in total. The van der Waals surface area contributed by atoms with Crippen LogP contribution in [0, 0.1) is 20.8 Å². The van der Waals surface area contributed by atoms with Crippen LogP contribution in [-0.4, -0.2) is 9.97 Å². The van der Waals surface area contributed by atoms with Crippen molar-refractivity contribution >= 4 is 43.8 Å². The third-order valence-electron chi connectivity index (χ3n) is 3.91. The minimum Gasteiger partial charge on any atom is -0.423 e. The summed E-state index contributed by atoms with van der Waals surface area (Å²) in [5, 5.41) is 3.98. The topological polar surface area (TPSA) is 51.0 Å². The number of para-hydroxylation sites is 1. The number of rotatable bonds is 2. The van der Waals surface area contributed by atoms with Crippen molar-refractivity contribution in [2.45, 2.75) is 20.8 Å². The number of fused-ring (bicyclic) bond motifs is 2. The number of hydrogen-bond acceptors (Lipinski definition) is 5. The molecule has 2 aromatic heterocycles. The van der Waals surface area contributed by atoms with E-state index in [1.807, 2.05) is 19.1 Å². The lowest BCUT2D eigenvalue weighted by atomic mass is 10.1. The van der Waals surface area contributed by atoms with E-state index < -0.39 is 0 Å². The fraction of sp³-hybridized carbons (Fsp3) is 0.176. The first kappa shape index (κ1) is 13.3. The lowest BCUT2D eigenvalue weighted by Gasteiger charge is -1.97. The van der Waals surface area contributed by atoms with Crippen LogP contribution < -0.4 is 5.32 Å². The molecule has 0 unspecified atom stereocenters. The van der Waals surface area contributed by atoms with E-state index in [9.17, 15) is 0 Å². The smallest absolute Gasteiger partial charge is 0.302 e. The van der Waals surface area contributed by atoms with Crippen molar-refractivity contribution in [2.24, 2.45) is 0 Å². The van der Waals surface area contributed by atoms with E-state index in [-0.39, 0.29) is 0 Å². The second kappa shape index (κ2) is 4.81. The number of nitrogens with one attached hydrogen (secondary N) is 1. The molecule has 0 amide bonds. The number of benzene rings is 2. The highest BCUT2D eigenvalue weighted by Crippen LogP contribution is 2.31. The number of thiazole rings is 1. The number of aromatic nitrogens is 2. The largest absolute Gasteiger partial charge is 0.423 e. The molecule has 2 heterocycles. The van der Waals surface area contributed by atoms with Crippen LogP contribution in [0.25, 0.3) is 21.3 Å². The molecular weight excluding hydrogens is 294 g/mol. The van der Waals surface area contributed by atoms with Gasteiger partial charge in [0.2, 0.25) is 0 Å². The highest BCUT2D eigenvalue weighted by molar-refractivity contribution is 7.22. The summed E-state index contributed by atoms with van der Waals surface area (Å²) >= 11 is 1.60. The van der Waals surface area contributed by atoms with E-state index in [2.05, 4.69) is 47.3 Å². The van der Waals surface area contributed by atoms with E-state index in [4.69, 9.17) is 4.42 Å². The predicted molar refractivity (Wildman–Crippen MR) is 91.1 cm³/mol. The highest BCUT2D eigenvalue weighted by atomic mass is 32.1. The zero-order chi connectivity index (χ0) is 15.3. The van der Waals surface area contributed by atoms with Gasteiger partial charge in [-0.25, -0.2) is 4.98 Å². The molecule has 0 spiro atoms. The van der Waals surface area contributed by atoms with Gasteiger partial charge in [-0.3, -0.25) is 5.32 Å². The van der Waals surface area contributed by atoms with Crippen LogP contribution in [0.5, 0.6) is 0 Å². The zero-order valence-corrected chi connectivity index (χ0v) is 13.4. The van der Waals surface area contributed by atoms with E-state index in [1.54, 1.807) is 11.3 Å². The molecule has 0 bridgehead atoms. The molecule has 0 saturated heterocycles. The Hall–Kier alpha value is -2.40. The summed E-state index contributed by atoms with van der Waals surface area (Å²) in [5.41, 5.74) is 6.22. The second-order valence-corrected chi connectivity index (χ2v) is 6.47. The molecule has 5 heteroatoms. The summed E-state index contributed by atoms with van der Waals surface area (Å²) in [6.07, 6.45) is 0. The summed E-state index contributed by atoms with van der Waals surface area (Å²) in [6, 6.07) is 10.7. The maximum Gasteiger partial charge on any atom is 0.302 e. The Labute approximate surface area is 131 Å². The van der Waals surface area contributed by atoms with E-state index in [1.165, 1.54) is 11.1 Å².